The normalized spacial score (nSPS) is 12.9. The first-order valence-corrected chi connectivity index (χ1v) is 28.6. The summed E-state index contributed by atoms with van der Waals surface area (Å²) < 4.78 is 2.48. The average Bonchev–Trinajstić information content (AvgIpc) is 3.87. The summed E-state index contributed by atoms with van der Waals surface area (Å²) >= 11 is 0. The molecule has 0 aliphatic heterocycles. The maximum Gasteiger partial charge on any atom is 0.0782 e. The van der Waals surface area contributed by atoms with E-state index in [0.717, 1.165) is 50.5 Å². The maximum atomic E-state index is 2.58. The van der Waals surface area contributed by atoms with Crippen molar-refractivity contribution in [3.63, 3.8) is 0 Å². The van der Waals surface area contributed by atoms with E-state index in [1.54, 1.807) is 0 Å². The fraction of sp³-hybridized carbons (Fsp3) is 0.114. The highest BCUT2D eigenvalue weighted by molar-refractivity contribution is 6.16. The molecule has 2 heteroatoms. The zero-order valence-corrected chi connectivity index (χ0v) is 47.0. The largest absolute Gasteiger partial charge is 0.307 e. The van der Waals surface area contributed by atoms with Gasteiger partial charge in [-0.2, -0.15) is 0 Å². The monoisotopic (exact) mass is 1040 g/mol. The van der Waals surface area contributed by atoms with Crippen LogP contribution >= 0.6 is 0 Å². The molecule has 0 N–H and O–H groups in total. The Morgan fingerprint density at radius 2 is 0.827 bits per heavy atom. The molecule has 13 aromatic rings. The van der Waals surface area contributed by atoms with Crippen LogP contribution in [0.1, 0.15) is 74.9 Å². The molecule has 1 heterocycles. The first-order chi connectivity index (χ1) is 39.5. The van der Waals surface area contributed by atoms with E-state index in [9.17, 15) is 0 Å². The van der Waals surface area contributed by atoms with Crippen LogP contribution in [-0.2, 0) is 16.2 Å². The standard InChI is InChI=1S/C79H64N2/c1-77(2,3)58-49-55(50-59(52-58)78(4,5)6)62-39-24-27-53-28-25-40-67(75(53)62)65-37-18-23-45-73(65)81(74-46-26-41-68-66-38-19-22-44-72(66)80(76(68)74)60-33-14-9-15-34-60)71-43-21-17-35-61(71)54-47-48-64-63-36-16-20-42-69(63)79(70(64)51-54,56-29-10-7-11-30-56)57-31-12-8-13-32-57/h7-52H,1-6H3. The highest BCUT2D eigenvalue weighted by Gasteiger charge is 2.46. The van der Waals surface area contributed by atoms with Crippen molar-refractivity contribution in [1.82, 2.24) is 4.57 Å². The maximum absolute atomic E-state index is 2.58. The van der Waals surface area contributed by atoms with Crippen LogP contribution in [0.25, 0.3) is 82.8 Å². The Bertz CT molecular complexity index is 4450. The van der Waals surface area contributed by atoms with Gasteiger partial charge in [-0.05, 0) is 131 Å². The van der Waals surface area contributed by atoms with Crippen molar-refractivity contribution in [3.05, 3.63) is 312 Å². The smallest absolute Gasteiger partial charge is 0.0782 e. The van der Waals surface area contributed by atoms with Gasteiger partial charge in [0.15, 0.2) is 0 Å². The van der Waals surface area contributed by atoms with Gasteiger partial charge < -0.3 is 9.47 Å². The molecule has 2 nitrogen and oxygen atoms in total. The summed E-state index contributed by atoms with van der Waals surface area (Å²) in [5.41, 5.74) is 23.4. The van der Waals surface area contributed by atoms with Crippen molar-refractivity contribution in [3.8, 4) is 50.2 Å². The first-order valence-electron chi connectivity index (χ1n) is 28.6. The van der Waals surface area contributed by atoms with Crippen molar-refractivity contribution in [2.45, 2.75) is 57.8 Å². The summed E-state index contributed by atoms with van der Waals surface area (Å²) in [6, 6.07) is 105. The average molecular weight is 1040 g/mol. The van der Waals surface area contributed by atoms with E-state index in [0.29, 0.717) is 0 Å². The fourth-order valence-corrected chi connectivity index (χ4v) is 13.3. The predicted octanol–water partition coefficient (Wildman–Crippen LogP) is 21.4. The van der Waals surface area contributed by atoms with E-state index in [-0.39, 0.29) is 10.8 Å². The molecule has 81 heavy (non-hydrogen) atoms. The summed E-state index contributed by atoms with van der Waals surface area (Å²) in [5, 5.41) is 4.84. The van der Waals surface area contributed by atoms with Gasteiger partial charge in [0, 0.05) is 27.6 Å². The Morgan fingerprint density at radius 1 is 0.333 bits per heavy atom. The number of hydrogen-bond donors (Lipinski definition) is 0. The van der Waals surface area contributed by atoms with Crippen molar-refractivity contribution in [2.75, 3.05) is 4.90 Å². The molecule has 14 rings (SSSR count). The minimum Gasteiger partial charge on any atom is -0.307 e. The molecule has 0 spiro atoms. The molecule has 0 unspecified atom stereocenters. The molecule has 0 fully saturated rings. The minimum absolute atomic E-state index is 0.0411. The topological polar surface area (TPSA) is 8.17 Å². The van der Waals surface area contributed by atoms with Crippen molar-refractivity contribution in [2.24, 2.45) is 0 Å². The van der Waals surface area contributed by atoms with Gasteiger partial charge >= 0.3 is 0 Å². The van der Waals surface area contributed by atoms with Gasteiger partial charge in [0.25, 0.3) is 0 Å². The molecule has 0 bridgehead atoms. The lowest BCUT2D eigenvalue weighted by Crippen LogP contribution is -2.28. The molecule has 1 aliphatic carbocycles. The van der Waals surface area contributed by atoms with Crippen molar-refractivity contribution >= 4 is 49.6 Å². The third-order valence-corrected chi connectivity index (χ3v) is 17.2. The third kappa shape index (κ3) is 8.15. The zero-order valence-electron chi connectivity index (χ0n) is 47.0. The zero-order chi connectivity index (χ0) is 55.0. The number of fused-ring (bicyclic) bond motifs is 7. The summed E-state index contributed by atoms with van der Waals surface area (Å²) in [6.07, 6.45) is 0. The van der Waals surface area contributed by atoms with E-state index in [1.165, 1.54) is 82.7 Å². The summed E-state index contributed by atoms with van der Waals surface area (Å²) in [7, 11) is 0. The van der Waals surface area contributed by atoms with Crippen LogP contribution in [0.3, 0.4) is 0 Å². The van der Waals surface area contributed by atoms with Crippen molar-refractivity contribution in [1.29, 1.82) is 0 Å². The first kappa shape index (κ1) is 49.8. The highest BCUT2D eigenvalue weighted by atomic mass is 15.2. The lowest BCUT2D eigenvalue weighted by molar-refractivity contribution is 0.569. The van der Waals surface area contributed by atoms with Crippen LogP contribution in [0.5, 0.6) is 0 Å². The number of aromatic nitrogens is 1. The molecule has 1 aliphatic rings. The molecule has 0 atom stereocenters. The molecule has 12 aromatic carbocycles. The third-order valence-electron chi connectivity index (χ3n) is 17.2. The molecule has 390 valence electrons. The lowest BCUT2D eigenvalue weighted by Gasteiger charge is -2.34. The molecule has 0 saturated carbocycles. The Hall–Kier alpha value is -9.50. The fourth-order valence-electron chi connectivity index (χ4n) is 13.3. The SMILES string of the molecule is CC(C)(C)c1cc(-c2cccc3cccc(-c4ccccc4N(c4ccccc4-c4ccc5c(c4)C(c4ccccc4)(c4ccccc4)c4ccccc4-5)c4cccc5c6ccccc6n(-c6ccccc6)c45)c23)cc(C(C)(C)C)c1. The molecular weight excluding hydrogens is 977 g/mol. The second-order valence-corrected chi connectivity index (χ2v) is 24.0. The minimum atomic E-state index is -0.556. The Balaban J connectivity index is 1.07. The van der Waals surface area contributed by atoms with Crippen LogP contribution in [0.15, 0.2) is 279 Å². The van der Waals surface area contributed by atoms with E-state index in [1.807, 2.05) is 0 Å². The van der Waals surface area contributed by atoms with E-state index < -0.39 is 5.41 Å². The summed E-state index contributed by atoms with van der Waals surface area (Å²) in [5.74, 6) is 0. The van der Waals surface area contributed by atoms with Crippen LogP contribution in [-0.4, -0.2) is 4.57 Å². The quantitative estimate of drug-likeness (QED) is 0.140. The number of para-hydroxylation sites is 5. The molecule has 1 aromatic heterocycles. The number of anilines is 3. The van der Waals surface area contributed by atoms with Crippen LogP contribution in [0.4, 0.5) is 17.1 Å². The van der Waals surface area contributed by atoms with Gasteiger partial charge in [0.1, 0.15) is 0 Å². The van der Waals surface area contributed by atoms with E-state index in [2.05, 4.69) is 330 Å². The second-order valence-electron chi connectivity index (χ2n) is 24.0. The van der Waals surface area contributed by atoms with Gasteiger partial charge in [-0.1, -0.05) is 278 Å². The van der Waals surface area contributed by atoms with Gasteiger partial charge in [0.05, 0.1) is 33.5 Å². The Morgan fingerprint density at radius 3 is 1.49 bits per heavy atom. The predicted molar refractivity (Wildman–Crippen MR) is 344 cm³/mol. The number of benzene rings is 12. The van der Waals surface area contributed by atoms with Crippen LogP contribution in [0, 0.1) is 0 Å². The van der Waals surface area contributed by atoms with Crippen LogP contribution < -0.4 is 4.90 Å². The molecule has 0 amide bonds. The number of hydrogen-bond acceptors (Lipinski definition) is 1. The van der Waals surface area contributed by atoms with Gasteiger partial charge in [-0.15, -0.1) is 0 Å². The van der Waals surface area contributed by atoms with Gasteiger partial charge in [-0.25, -0.2) is 0 Å². The van der Waals surface area contributed by atoms with Gasteiger partial charge in [0.2, 0.25) is 0 Å². The van der Waals surface area contributed by atoms with E-state index >= 15 is 0 Å². The Labute approximate surface area is 476 Å². The second kappa shape index (κ2) is 19.4. The summed E-state index contributed by atoms with van der Waals surface area (Å²) in [6.45, 7) is 14.0. The van der Waals surface area contributed by atoms with Gasteiger partial charge in [-0.3, -0.25) is 0 Å². The summed E-state index contributed by atoms with van der Waals surface area (Å²) in [4.78, 5) is 2.58. The van der Waals surface area contributed by atoms with E-state index in [4.69, 9.17) is 0 Å². The Kier molecular flexibility index (Phi) is 11.9. The molecule has 0 saturated heterocycles. The number of rotatable bonds is 9. The highest BCUT2D eigenvalue weighted by Crippen LogP contribution is 2.58. The molecular formula is C79H64N2. The van der Waals surface area contributed by atoms with Crippen LogP contribution in [0.2, 0.25) is 0 Å². The van der Waals surface area contributed by atoms with Crippen molar-refractivity contribution < 1.29 is 0 Å². The lowest BCUT2D eigenvalue weighted by atomic mass is 9.67. The number of nitrogens with zero attached hydrogens (tertiary/aromatic N) is 2. The molecule has 0 radical (unpaired) electrons.